The van der Waals surface area contributed by atoms with Crippen molar-refractivity contribution in [1.29, 1.82) is 0 Å². The summed E-state index contributed by atoms with van der Waals surface area (Å²) in [5, 5.41) is 0. The average Bonchev–Trinajstić information content (AvgIpc) is 2.26. The fourth-order valence-corrected chi connectivity index (χ4v) is 1.76. The average molecular weight is 235 g/mol. The zero-order valence-electron chi connectivity index (χ0n) is 10.7. The number of nitrogens with two attached hydrogens (primary N) is 2. The Labute approximate surface area is 103 Å². The molecule has 0 spiro atoms. The van der Waals surface area contributed by atoms with Crippen LogP contribution in [0.4, 0.5) is 5.69 Å². The number of primary amides is 1. The predicted octanol–water partition coefficient (Wildman–Crippen LogP) is 1.02. The number of benzene rings is 1. The van der Waals surface area contributed by atoms with Crippen LogP contribution in [-0.4, -0.2) is 24.5 Å². The Bertz CT molecular complexity index is 401. The molecular formula is C13H21N3O. The van der Waals surface area contributed by atoms with Crippen molar-refractivity contribution in [2.24, 2.45) is 11.5 Å². The number of carbonyl (C=O) groups is 1. The maximum Gasteiger partial charge on any atom is 0.239 e. The van der Waals surface area contributed by atoms with Crippen LogP contribution in [0.2, 0.25) is 0 Å². The Morgan fingerprint density at radius 3 is 2.47 bits per heavy atom. The summed E-state index contributed by atoms with van der Waals surface area (Å²) in [4.78, 5) is 13.3. The summed E-state index contributed by atoms with van der Waals surface area (Å²) in [6, 6.07) is 8.03. The van der Waals surface area contributed by atoms with Gasteiger partial charge in [-0.05, 0) is 32.4 Å². The highest BCUT2D eigenvalue weighted by atomic mass is 16.1. The molecule has 94 valence electrons. The molecule has 4 N–H and O–H groups in total. The lowest BCUT2D eigenvalue weighted by molar-refractivity contribution is -0.122. The molecule has 0 saturated heterocycles. The minimum atomic E-state index is -1.02. The van der Waals surface area contributed by atoms with Crippen LogP contribution in [-0.2, 0) is 4.79 Å². The fraction of sp³-hybridized carbons (Fsp3) is 0.462. The summed E-state index contributed by atoms with van der Waals surface area (Å²) in [6.07, 6.45) is 0. The third-order valence-electron chi connectivity index (χ3n) is 2.92. The Kier molecular flexibility index (Phi) is 4.12. The maximum atomic E-state index is 11.3. The van der Waals surface area contributed by atoms with E-state index in [4.69, 9.17) is 11.5 Å². The van der Waals surface area contributed by atoms with Crippen LogP contribution in [0.3, 0.4) is 0 Å². The van der Waals surface area contributed by atoms with Crippen LogP contribution >= 0.6 is 0 Å². The van der Waals surface area contributed by atoms with Crippen molar-refractivity contribution in [3.63, 3.8) is 0 Å². The zero-order chi connectivity index (χ0) is 13.1. The quantitative estimate of drug-likeness (QED) is 0.800. The van der Waals surface area contributed by atoms with Gasteiger partial charge in [-0.25, -0.2) is 0 Å². The number of aryl methyl sites for hydroxylation is 1. The number of amides is 1. The van der Waals surface area contributed by atoms with Gasteiger partial charge in [-0.2, -0.15) is 0 Å². The van der Waals surface area contributed by atoms with Gasteiger partial charge >= 0.3 is 0 Å². The highest BCUT2D eigenvalue weighted by Gasteiger charge is 2.28. The Balaban J connectivity index is 2.94. The van der Waals surface area contributed by atoms with Crippen LogP contribution < -0.4 is 16.4 Å². The standard InChI is InChI=1S/C13H21N3O/c1-4-16(9-13(3,15)12(14)17)11-8-6-5-7-10(11)2/h5-8H,4,9,15H2,1-3H3,(H2,14,17). The fourth-order valence-electron chi connectivity index (χ4n) is 1.76. The van der Waals surface area contributed by atoms with Gasteiger partial charge in [-0.1, -0.05) is 18.2 Å². The monoisotopic (exact) mass is 235 g/mol. The topological polar surface area (TPSA) is 72.3 Å². The molecule has 1 rings (SSSR count). The van der Waals surface area contributed by atoms with Gasteiger partial charge in [0, 0.05) is 18.8 Å². The summed E-state index contributed by atoms with van der Waals surface area (Å²) in [6.45, 7) is 6.94. The number of hydrogen-bond donors (Lipinski definition) is 2. The lowest BCUT2D eigenvalue weighted by Gasteiger charge is -2.32. The van der Waals surface area contributed by atoms with Crippen LogP contribution in [0.15, 0.2) is 24.3 Å². The molecule has 4 nitrogen and oxygen atoms in total. The van der Waals surface area contributed by atoms with Crippen LogP contribution in [0, 0.1) is 6.92 Å². The van der Waals surface area contributed by atoms with Crippen LogP contribution in [0.1, 0.15) is 19.4 Å². The van der Waals surface area contributed by atoms with E-state index in [0.717, 1.165) is 17.8 Å². The normalized spacial score (nSPS) is 14.1. The van der Waals surface area contributed by atoms with Gasteiger partial charge in [0.05, 0.1) is 0 Å². The Morgan fingerprint density at radius 2 is 2.00 bits per heavy atom. The van der Waals surface area contributed by atoms with Crippen molar-refractivity contribution >= 4 is 11.6 Å². The molecule has 0 aliphatic heterocycles. The van der Waals surface area contributed by atoms with Crippen molar-refractivity contribution in [3.05, 3.63) is 29.8 Å². The van der Waals surface area contributed by atoms with E-state index in [-0.39, 0.29) is 0 Å². The second-order valence-electron chi connectivity index (χ2n) is 4.58. The Hall–Kier alpha value is -1.55. The lowest BCUT2D eigenvalue weighted by atomic mass is 10.0. The first kappa shape index (κ1) is 13.5. The summed E-state index contributed by atoms with van der Waals surface area (Å²) in [5.41, 5.74) is 12.4. The van der Waals surface area contributed by atoms with Crippen LogP contribution in [0.5, 0.6) is 0 Å². The molecule has 1 atom stereocenters. The van der Waals surface area contributed by atoms with E-state index in [1.807, 2.05) is 38.1 Å². The first-order chi connectivity index (χ1) is 7.88. The van der Waals surface area contributed by atoms with E-state index < -0.39 is 11.4 Å². The number of anilines is 1. The van der Waals surface area contributed by atoms with Crippen molar-refractivity contribution in [2.45, 2.75) is 26.3 Å². The van der Waals surface area contributed by atoms with Gasteiger partial charge in [0.2, 0.25) is 5.91 Å². The third kappa shape index (κ3) is 3.20. The van der Waals surface area contributed by atoms with Gasteiger partial charge in [0.25, 0.3) is 0 Å². The van der Waals surface area contributed by atoms with Gasteiger partial charge in [0.15, 0.2) is 0 Å². The maximum absolute atomic E-state index is 11.3. The molecule has 17 heavy (non-hydrogen) atoms. The van der Waals surface area contributed by atoms with E-state index in [1.165, 1.54) is 0 Å². The van der Waals surface area contributed by atoms with Crippen LogP contribution in [0.25, 0.3) is 0 Å². The molecule has 1 aromatic carbocycles. The summed E-state index contributed by atoms with van der Waals surface area (Å²) in [7, 11) is 0. The van der Waals surface area contributed by atoms with Crippen molar-refractivity contribution in [3.8, 4) is 0 Å². The van der Waals surface area contributed by atoms with Gasteiger partial charge in [-0.3, -0.25) is 4.79 Å². The minimum absolute atomic E-state index is 0.420. The molecule has 1 unspecified atom stereocenters. The molecule has 1 aromatic rings. The minimum Gasteiger partial charge on any atom is -0.369 e. The highest BCUT2D eigenvalue weighted by molar-refractivity contribution is 5.84. The number of rotatable bonds is 5. The molecular weight excluding hydrogens is 214 g/mol. The van der Waals surface area contributed by atoms with Gasteiger partial charge in [-0.15, -0.1) is 0 Å². The van der Waals surface area contributed by atoms with Gasteiger partial charge < -0.3 is 16.4 Å². The summed E-state index contributed by atoms with van der Waals surface area (Å²) in [5.74, 6) is -0.482. The number of likely N-dealkylation sites (N-methyl/N-ethyl adjacent to an activating group) is 1. The molecule has 0 aliphatic carbocycles. The summed E-state index contributed by atoms with van der Waals surface area (Å²) >= 11 is 0. The van der Waals surface area contributed by atoms with E-state index >= 15 is 0 Å². The largest absolute Gasteiger partial charge is 0.369 e. The molecule has 0 radical (unpaired) electrons. The highest BCUT2D eigenvalue weighted by Crippen LogP contribution is 2.20. The number of para-hydroxylation sites is 1. The number of nitrogens with zero attached hydrogens (tertiary/aromatic N) is 1. The lowest BCUT2D eigenvalue weighted by Crippen LogP contribution is -2.57. The molecule has 0 heterocycles. The molecule has 0 fully saturated rings. The SMILES string of the molecule is CCN(CC(C)(N)C(N)=O)c1ccccc1C. The van der Waals surface area contributed by atoms with Crippen molar-refractivity contribution in [2.75, 3.05) is 18.0 Å². The van der Waals surface area contributed by atoms with E-state index in [9.17, 15) is 4.79 Å². The third-order valence-corrected chi connectivity index (χ3v) is 2.92. The summed E-state index contributed by atoms with van der Waals surface area (Å²) < 4.78 is 0. The first-order valence-corrected chi connectivity index (χ1v) is 5.78. The second kappa shape index (κ2) is 5.19. The molecule has 0 bridgehead atoms. The molecule has 4 heteroatoms. The first-order valence-electron chi connectivity index (χ1n) is 5.78. The molecule has 0 aromatic heterocycles. The van der Waals surface area contributed by atoms with E-state index in [2.05, 4.69) is 4.90 Å². The molecule has 1 amide bonds. The number of carbonyl (C=O) groups excluding carboxylic acids is 1. The van der Waals surface area contributed by atoms with E-state index in [0.29, 0.717) is 6.54 Å². The second-order valence-corrected chi connectivity index (χ2v) is 4.58. The Morgan fingerprint density at radius 1 is 1.41 bits per heavy atom. The zero-order valence-corrected chi connectivity index (χ0v) is 10.7. The van der Waals surface area contributed by atoms with Gasteiger partial charge in [0.1, 0.15) is 5.54 Å². The smallest absolute Gasteiger partial charge is 0.239 e. The molecule has 0 saturated carbocycles. The van der Waals surface area contributed by atoms with E-state index in [1.54, 1.807) is 6.92 Å². The van der Waals surface area contributed by atoms with Crippen molar-refractivity contribution < 1.29 is 4.79 Å². The molecule has 0 aliphatic rings. The number of hydrogen-bond acceptors (Lipinski definition) is 3. The van der Waals surface area contributed by atoms with Crippen molar-refractivity contribution in [1.82, 2.24) is 0 Å². The predicted molar refractivity (Wildman–Crippen MR) is 70.9 cm³/mol.